The van der Waals surface area contributed by atoms with Crippen LogP contribution in [-0.2, 0) is 10.8 Å². The van der Waals surface area contributed by atoms with E-state index in [1.807, 2.05) is 0 Å². The van der Waals surface area contributed by atoms with Crippen molar-refractivity contribution in [1.29, 1.82) is 0 Å². The van der Waals surface area contributed by atoms with Gasteiger partial charge in [-0.05, 0) is 0 Å². The number of hydrogen-bond donors (Lipinski definition) is 0. The third-order valence-electron chi connectivity index (χ3n) is 9.65. The van der Waals surface area contributed by atoms with Gasteiger partial charge in [0, 0.05) is 0 Å². The molecular formula is C40H77OP. The van der Waals surface area contributed by atoms with E-state index < -0.39 is 6.83 Å². The molecule has 0 atom stereocenters. The van der Waals surface area contributed by atoms with Gasteiger partial charge in [0.15, 0.2) is 0 Å². The fourth-order valence-electron chi connectivity index (χ4n) is 6.76. The molecule has 0 aromatic heterocycles. The molecule has 0 unspecified atom stereocenters. The molecule has 0 radical (unpaired) electrons. The normalized spacial score (nSPS) is 13.7. The first-order valence-corrected chi connectivity index (χ1v) is 21.7. The van der Waals surface area contributed by atoms with Crippen molar-refractivity contribution in [3.8, 4) is 5.75 Å². The van der Waals surface area contributed by atoms with Crippen LogP contribution in [0.15, 0.2) is 12.1 Å². The third-order valence-corrected chi connectivity index (χ3v) is 15.1. The molecular weight excluding hydrogens is 527 g/mol. The second-order valence-electron chi connectivity index (χ2n) is 16.4. The molecule has 1 nitrogen and oxygen atoms in total. The summed E-state index contributed by atoms with van der Waals surface area (Å²) >= 11 is 0. The molecule has 0 N–H and O–H groups in total. The second kappa shape index (κ2) is 19.1. The van der Waals surface area contributed by atoms with Gasteiger partial charge in [-0.2, -0.15) is 0 Å². The predicted octanol–water partition coefficient (Wildman–Crippen LogP) is 14.1. The molecule has 0 saturated carbocycles. The number of aryl methyl sites for hydroxylation is 1. The Hall–Kier alpha value is -0.550. The Morgan fingerprint density at radius 3 is 1.07 bits per heavy atom. The van der Waals surface area contributed by atoms with Crippen molar-refractivity contribution >= 4 is 6.83 Å². The maximum absolute atomic E-state index is 7.97. The second-order valence-corrected chi connectivity index (χ2v) is 22.3. The molecule has 1 aromatic carbocycles. The van der Waals surface area contributed by atoms with Gasteiger partial charge in [-0.3, -0.25) is 0 Å². The van der Waals surface area contributed by atoms with E-state index in [2.05, 4.69) is 88.0 Å². The van der Waals surface area contributed by atoms with Gasteiger partial charge in [-0.15, -0.1) is 0 Å². The molecule has 1 rings (SSSR count). The molecule has 0 aliphatic carbocycles. The zero-order chi connectivity index (χ0) is 31.7. The fourth-order valence-corrected chi connectivity index (χ4v) is 11.8. The van der Waals surface area contributed by atoms with Gasteiger partial charge < -0.3 is 0 Å². The van der Waals surface area contributed by atoms with Crippen LogP contribution < -0.4 is 4.52 Å². The van der Waals surface area contributed by atoms with Crippen LogP contribution >= 0.6 is 6.83 Å². The van der Waals surface area contributed by atoms with Crippen molar-refractivity contribution in [3.63, 3.8) is 0 Å². The van der Waals surface area contributed by atoms with Crippen LogP contribution in [0.1, 0.15) is 195 Å². The van der Waals surface area contributed by atoms with Gasteiger partial charge >= 0.3 is 267 Å². The van der Waals surface area contributed by atoms with Crippen LogP contribution in [0.2, 0.25) is 0 Å². The average Bonchev–Trinajstić information content (AvgIpc) is 2.90. The van der Waals surface area contributed by atoms with Crippen LogP contribution in [0.5, 0.6) is 5.75 Å². The summed E-state index contributed by atoms with van der Waals surface area (Å²) in [6, 6.07) is 4.90. The summed E-state index contributed by atoms with van der Waals surface area (Å²) in [5.74, 6) is 1.27. The third kappa shape index (κ3) is 14.5. The summed E-state index contributed by atoms with van der Waals surface area (Å²) < 4.78 is 7.97. The standard InChI is InChI=1S/C40H77OP/c1-12-15-18-21-24-27-30-42(11,31-28-25-22-19-16-13-2,32-29-26-23-20-17-14-3)41-38-36(39(5,6)7)33-35(4)34-37(38)40(8,9)10/h33-34H,12-32H2,1-11H3. The number of benzene rings is 1. The van der Waals surface area contributed by atoms with E-state index in [0.717, 1.165) is 0 Å². The van der Waals surface area contributed by atoms with E-state index >= 15 is 0 Å². The van der Waals surface area contributed by atoms with Crippen molar-refractivity contribution in [1.82, 2.24) is 0 Å². The Kier molecular flexibility index (Phi) is 17.9. The molecule has 0 fully saturated rings. The van der Waals surface area contributed by atoms with Crippen molar-refractivity contribution < 1.29 is 4.52 Å². The molecule has 0 spiro atoms. The first kappa shape index (κ1) is 39.5. The van der Waals surface area contributed by atoms with Gasteiger partial charge in [0.2, 0.25) is 0 Å². The van der Waals surface area contributed by atoms with E-state index in [0.29, 0.717) is 0 Å². The minimum atomic E-state index is -2.49. The molecule has 0 aliphatic heterocycles. The Labute approximate surface area is 266 Å². The molecule has 0 heterocycles. The topological polar surface area (TPSA) is 9.23 Å². The Morgan fingerprint density at radius 1 is 0.500 bits per heavy atom. The Bertz CT molecular complexity index is 777. The summed E-state index contributed by atoms with van der Waals surface area (Å²) in [6.07, 6.45) is 28.5. The van der Waals surface area contributed by atoms with Gasteiger partial charge in [0.05, 0.1) is 0 Å². The zero-order valence-electron chi connectivity index (χ0n) is 30.9. The molecule has 248 valence electrons. The number of unbranched alkanes of at least 4 members (excludes halogenated alkanes) is 15. The van der Waals surface area contributed by atoms with Gasteiger partial charge in [0.1, 0.15) is 0 Å². The Balaban J connectivity index is 3.55. The quantitative estimate of drug-likeness (QED) is 0.0891. The fraction of sp³-hybridized carbons (Fsp3) is 0.850. The molecule has 0 bridgehead atoms. The maximum atomic E-state index is 7.97. The summed E-state index contributed by atoms with van der Waals surface area (Å²) in [7, 11) is 0. The van der Waals surface area contributed by atoms with Gasteiger partial charge in [-0.1, -0.05) is 0 Å². The van der Waals surface area contributed by atoms with Crippen LogP contribution in [0, 0.1) is 6.92 Å². The first-order valence-electron chi connectivity index (χ1n) is 18.6. The molecule has 42 heavy (non-hydrogen) atoms. The number of hydrogen-bond acceptors (Lipinski definition) is 1. The van der Waals surface area contributed by atoms with Crippen LogP contribution in [0.3, 0.4) is 0 Å². The van der Waals surface area contributed by atoms with E-state index in [1.165, 1.54) is 157 Å². The van der Waals surface area contributed by atoms with Crippen LogP contribution in [0.4, 0.5) is 0 Å². The molecule has 0 saturated heterocycles. The van der Waals surface area contributed by atoms with Crippen LogP contribution in [0.25, 0.3) is 0 Å². The monoisotopic (exact) mass is 605 g/mol. The van der Waals surface area contributed by atoms with Gasteiger partial charge in [0.25, 0.3) is 0 Å². The van der Waals surface area contributed by atoms with Crippen molar-refractivity contribution in [2.24, 2.45) is 0 Å². The minimum absolute atomic E-state index is 0.0525. The van der Waals surface area contributed by atoms with E-state index in [4.69, 9.17) is 4.52 Å². The number of rotatable bonds is 23. The van der Waals surface area contributed by atoms with E-state index in [1.54, 1.807) is 0 Å². The molecule has 0 amide bonds. The van der Waals surface area contributed by atoms with E-state index in [9.17, 15) is 0 Å². The van der Waals surface area contributed by atoms with E-state index in [-0.39, 0.29) is 10.8 Å². The molecule has 2 heteroatoms. The van der Waals surface area contributed by atoms with Crippen molar-refractivity contribution in [2.45, 2.75) is 196 Å². The molecule has 0 aliphatic rings. The SMILES string of the molecule is CCCCCCCCP(C)(CCCCCCCC)(CCCCCCCC)Oc1c(C(C)(C)C)cc(C)cc1C(C)(C)C. The van der Waals surface area contributed by atoms with Crippen LogP contribution in [-0.4, -0.2) is 25.2 Å². The summed E-state index contributed by atoms with van der Waals surface area (Å²) in [5, 5.41) is 0. The predicted molar refractivity (Wildman–Crippen MR) is 197 cm³/mol. The molecule has 1 aromatic rings. The van der Waals surface area contributed by atoms with Gasteiger partial charge in [-0.25, -0.2) is 0 Å². The Morgan fingerprint density at radius 2 is 0.786 bits per heavy atom. The van der Waals surface area contributed by atoms with Crippen molar-refractivity contribution in [2.75, 3.05) is 25.2 Å². The average molecular weight is 605 g/mol. The zero-order valence-corrected chi connectivity index (χ0v) is 31.8. The summed E-state index contributed by atoms with van der Waals surface area (Å²) in [5.41, 5.74) is 4.33. The van der Waals surface area contributed by atoms with Crippen molar-refractivity contribution in [3.05, 3.63) is 28.8 Å². The summed E-state index contributed by atoms with van der Waals surface area (Å²) in [6.45, 7) is 23.8. The first-order chi connectivity index (χ1) is 19.7. The summed E-state index contributed by atoms with van der Waals surface area (Å²) in [4.78, 5) is 0.